The number of likely N-dealkylation sites (tertiary alicyclic amines) is 1. The molecule has 0 radical (unpaired) electrons. The van der Waals surface area contributed by atoms with E-state index in [0.717, 1.165) is 19.4 Å². The van der Waals surface area contributed by atoms with Crippen molar-refractivity contribution >= 4 is 22.9 Å². The highest BCUT2D eigenvalue weighted by atomic mass is 32.1. The Morgan fingerprint density at radius 1 is 1.40 bits per heavy atom. The fourth-order valence-electron chi connectivity index (χ4n) is 2.49. The molecule has 2 unspecified atom stereocenters. The van der Waals surface area contributed by atoms with Gasteiger partial charge in [-0.2, -0.15) is 0 Å². The smallest absolute Gasteiger partial charge is 0.182 e. The van der Waals surface area contributed by atoms with Gasteiger partial charge in [-0.1, -0.05) is 12.2 Å². The van der Waals surface area contributed by atoms with E-state index in [0.29, 0.717) is 6.04 Å². The summed E-state index contributed by atoms with van der Waals surface area (Å²) in [4.78, 5) is 2.12. The molecule has 0 saturated carbocycles. The van der Waals surface area contributed by atoms with Crippen LogP contribution in [-0.4, -0.2) is 35.6 Å². The van der Waals surface area contributed by atoms with Crippen molar-refractivity contribution in [1.29, 1.82) is 0 Å². The summed E-state index contributed by atoms with van der Waals surface area (Å²) in [6, 6.07) is 3.48. The largest absolute Gasteiger partial charge is 0.389 e. The molecule has 0 bridgehead atoms. The van der Waals surface area contributed by atoms with Crippen LogP contribution in [0.15, 0.2) is 12.1 Å². The Balaban J connectivity index is 2.14. The van der Waals surface area contributed by atoms with Crippen LogP contribution in [0.2, 0.25) is 0 Å². The first-order valence-electron chi connectivity index (χ1n) is 6.64. The molecule has 0 aromatic heterocycles. The lowest BCUT2D eigenvalue weighted by molar-refractivity contribution is 0.190. The summed E-state index contributed by atoms with van der Waals surface area (Å²) >= 11 is 4.69. The average Bonchev–Trinajstić information content (AvgIpc) is 2.39. The second-order valence-corrected chi connectivity index (χ2v) is 5.79. The molecule has 3 N–H and O–H groups in total. The van der Waals surface area contributed by atoms with E-state index in [9.17, 15) is 8.78 Å². The minimum absolute atomic E-state index is 0.0557. The van der Waals surface area contributed by atoms with Crippen LogP contribution in [0, 0.1) is 11.6 Å². The van der Waals surface area contributed by atoms with Crippen molar-refractivity contribution in [2.75, 3.05) is 18.9 Å². The lowest BCUT2D eigenvalue weighted by Crippen LogP contribution is -2.42. The summed E-state index contributed by atoms with van der Waals surface area (Å²) in [7, 11) is 2.07. The number of anilines is 1. The lowest BCUT2D eigenvalue weighted by Gasteiger charge is -2.35. The second kappa shape index (κ2) is 6.01. The van der Waals surface area contributed by atoms with Gasteiger partial charge in [-0.25, -0.2) is 8.78 Å². The molecule has 6 heteroatoms. The first kappa shape index (κ1) is 15.1. The quantitative estimate of drug-likeness (QED) is 0.842. The predicted octanol–water partition coefficient (Wildman–Crippen LogP) is 2.49. The van der Waals surface area contributed by atoms with Crippen molar-refractivity contribution < 1.29 is 8.78 Å². The van der Waals surface area contributed by atoms with Crippen molar-refractivity contribution in [2.45, 2.75) is 31.8 Å². The van der Waals surface area contributed by atoms with Gasteiger partial charge in [0, 0.05) is 24.2 Å². The SMILES string of the molecule is CC1CC(Nc2ccc(C(N)=S)c(F)c2F)CCN1C. The molecule has 1 aromatic carbocycles. The molecule has 20 heavy (non-hydrogen) atoms. The summed E-state index contributed by atoms with van der Waals surface area (Å²) in [6.07, 6.45) is 1.80. The fourth-order valence-corrected chi connectivity index (χ4v) is 2.65. The number of nitrogens with one attached hydrogen (secondary N) is 1. The molecule has 110 valence electrons. The van der Waals surface area contributed by atoms with Gasteiger partial charge in [-0.15, -0.1) is 0 Å². The highest BCUT2D eigenvalue weighted by molar-refractivity contribution is 7.80. The Bertz CT molecular complexity index is 521. The van der Waals surface area contributed by atoms with Gasteiger partial charge < -0.3 is 16.0 Å². The van der Waals surface area contributed by atoms with E-state index in [1.54, 1.807) is 0 Å². The number of rotatable bonds is 3. The maximum atomic E-state index is 14.0. The molecule has 1 aromatic rings. The van der Waals surface area contributed by atoms with E-state index in [2.05, 4.69) is 36.4 Å². The van der Waals surface area contributed by atoms with Gasteiger partial charge in [-0.3, -0.25) is 0 Å². The first-order valence-corrected chi connectivity index (χ1v) is 7.05. The number of halogens is 2. The van der Waals surface area contributed by atoms with E-state index in [-0.39, 0.29) is 22.3 Å². The maximum Gasteiger partial charge on any atom is 0.182 e. The number of hydrogen-bond acceptors (Lipinski definition) is 3. The minimum Gasteiger partial charge on any atom is -0.389 e. The lowest BCUT2D eigenvalue weighted by atomic mass is 9.98. The van der Waals surface area contributed by atoms with Crippen molar-refractivity contribution in [1.82, 2.24) is 4.90 Å². The number of nitrogens with zero attached hydrogens (tertiary/aromatic N) is 1. The second-order valence-electron chi connectivity index (χ2n) is 5.35. The molecule has 1 saturated heterocycles. The van der Waals surface area contributed by atoms with Crippen LogP contribution in [-0.2, 0) is 0 Å². The summed E-state index contributed by atoms with van der Waals surface area (Å²) in [6.45, 7) is 3.06. The molecule has 2 atom stereocenters. The predicted molar refractivity (Wildman–Crippen MR) is 81.0 cm³/mol. The van der Waals surface area contributed by atoms with E-state index >= 15 is 0 Å². The first-order chi connectivity index (χ1) is 9.40. The van der Waals surface area contributed by atoms with E-state index < -0.39 is 11.6 Å². The number of hydrogen-bond donors (Lipinski definition) is 2. The van der Waals surface area contributed by atoms with Crippen molar-refractivity contribution in [2.24, 2.45) is 5.73 Å². The van der Waals surface area contributed by atoms with Crippen LogP contribution < -0.4 is 11.1 Å². The molecule has 0 spiro atoms. The standard InChI is InChI=1S/C14H19F2N3S/c1-8-7-9(5-6-19(8)2)18-11-4-3-10(14(17)20)12(15)13(11)16/h3-4,8-9,18H,5-7H2,1-2H3,(H2,17,20). The van der Waals surface area contributed by atoms with Gasteiger partial charge in [0.15, 0.2) is 11.6 Å². The summed E-state index contributed by atoms with van der Waals surface area (Å²) in [5, 5.41) is 3.08. The summed E-state index contributed by atoms with van der Waals surface area (Å²) < 4.78 is 27.8. The number of piperidine rings is 1. The number of benzene rings is 1. The molecular formula is C14H19F2N3S. The monoisotopic (exact) mass is 299 g/mol. The van der Waals surface area contributed by atoms with Crippen LogP contribution >= 0.6 is 12.2 Å². The average molecular weight is 299 g/mol. The maximum absolute atomic E-state index is 14.0. The molecule has 0 amide bonds. The fraction of sp³-hybridized carbons (Fsp3) is 0.500. The van der Waals surface area contributed by atoms with Crippen molar-refractivity contribution in [3.05, 3.63) is 29.3 Å². The normalized spacial score (nSPS) is 23.6. The minimum atomic E-state index is -0.983. The molecule has 1 heterocycles. The molecule has 3 nitrogen and oxygen atoms in total. The van der Waals surface area contributed by atoms with Gasteiger partial charge in [0.1, 0.15) is 4.99 Å². The zero-order chi connectivity index (χ0) is 14.9. The third-order valence-electron chi connectivity index (χ3n) is 3.92. The van der Waals surface area contributed by atoms with Gasteiger partial charge in [-0.05, 0) is 38.9 Å². The Kier molecular flexibility index (Phi) is 4.55. The van der Waals surface area contributed by atoms with E-state index in [1.807, 2.05) is 0 Å². The Morgan fingerprint density at radius 2 is 2.10 bits per heavy atom. The van der Waals surface area contributed by atoms with Crippen LogP contribution in [0.5, 0.6) is 0 Å². The third-order valence-corrected chi connectivity index (χ3v) is 4.14. The zero-order valence-corrected chi connectivity index (χ0v) is 12.4. The van der Waals surface area contributed by atoms with Crippen LogP contribution in [0.3, 0.4) is 0 Å². The van der Waals surface area contributed by atoms with Crippen molar-refractivity contribution in [3.8, 4) is 0 Å². The Labute approximate surface area is 123 Å². The van der Waals surface area contributed by atoms with Crippen LogP contribution in [0.4, 0.5) is 14.5 Å². The summed E-state index contributed by atoms with van der Waals surface area (Å²) in [5.41, 5.74) is 5.46. The molecule has 0 aliphatic carbocycles. The Morgan fingerprint density at radius 3 is 2.70 bits per heavy atom. The highest BCUT2D eigenvalue weighted by Gasteiger charge is 2.24. The van der Waals surface area contributed by atoms with E-state index in [4.69, 9.17) is 5.73 Å². The van der Waals surface area contributed by atoms with Crippen molar-refractivity contribution in [3.63, 3.8) is 0 Å². The van der Waals surface area contributed by atoms with Gasteiger partial charge in [0.05, 0.1) is 5.69 Å². The molecular weight excluding hydrogens is 280 g/mol. The van der Waals surface area contributed by atoms with Crippen LogP contribution in [0.1, 0.15) is 25.3 Å². The molecule has 1 aliphatic heterocycles. The van der Waals surface area contributed by atoms with Crippen LogP contribution in [0.25, 0.3) is 0 Å². The molecule has 2 rings (SSSR count). The van der Waals surface area contributed by atoms with E-state index in [1.165, 1.54) is 12.1 Å². The third kappa shape index (κ3) is 3.07. The van der Waals surface area contributed by atoms with Gasteiger partial charge in [0.2, 0.25) is 0 Å². The highest BCUT2D eigenvalue weighted by Crippen LogP contribution is 2.25. The molecule has 1 fully saturated rings. The molecule has 1 aliphatic rings. The van der Waals surface area contributed by atoms with Gasteiger partial charge >= 0.3 is 0 Å². The number of nitrogens with two attached hydrogens (primary N) is 1. The summed E-state index contributed by atoms with van der Waals surface area (Å²) in [5.74, 6) is -1.90. The topological polar surface area (TPSA) is 41.3 Å². The zero-order valence-electron chi connectivity index (χ0n) is 11.6. The Hall–Kier alpha value is -1.27. The van der Waals surface area contributed by atoms with Gasteiger partial charge in [0.25, 0.3) is 0 Å². The number of thiocarbonyl (C=S) groups is 1.